The van der Waals surface area contributed by atoms with Crippen molar-refractivity contribution >= 4 is 16.9 Å². The highest BCUT2D eigenvalue weighted by atomic mass is 19.1. The molecule has 2 aromatic heterocycles. The van der Waals surface area contributed by atoms with Crippen LogP contribution in [0, 0.1) is 11.7 Å². The van der Waals surface area contributed by atoms with Crippen LogP contribution in [0.3, 0.4) is 0 Å². The molecule has 1 aliphatic carbocycles. The molecule has 1 saturated heterocycles. The lowest BCUT2D eigenvalue weighted by atomic mass is 9.84. The number of nitrogens with zero attached hydrogens (tertiary/aromatic N) is 5. The smallest absolute Gasteiger partial charge is 0.334 e. The third-order valence-corrected chi connectivity index (χ3v) is 8.87. The Bertz CT molecular complexity index is 1370. The van der Waals surface area contributed by atoms with Gasteiger partial charge in [-0.3, -0.25) is 18.9 Å². The van der Waals surface area contributed by atoms with Gasteiger partial charge in [0.1, 0.15) is 5.82 Å². The largest absolute Gasteiger partial charge is 0.339 e. The number of piperidine rings is 1. The molecule has 3 aromatic rings. The third kappa shape index (κ3) is 5.65. The highest BCUT2D eigenvalue weighted by Gasteiger charge is 2.28. The van der Waals surface area contributed by atoms with Crippen LogP contribution in [0.1, 0.15) is 75.2 Å². The van der Waals surface area contributed by atoms with Crippen molar-refractivity contribution in [1.29, 1.82) is 0 Å². The molecule has 5 rings (SSSR count). The number of hydrogen-bond acceptors (Lipinski definition) is 5. The van der Waals surface area contributed by atoms with Crippen molar-refractivity contribution in [2.45, 2.75) is 76.9 Å². The van der Waals surface area contributed by atoms with Gasteiger partial charge >= 0.3 is 5.69 Å². The van der Waals surface area contributed by atoms with Crippen LogP contribution in [0.5, 0.6) is 0 Å². The summed E-state index contributed by atoms with van der Waals surface area (Å²) in [6.07, 6.45) is 11.1. The molecule has 2 fully saturated rings. The number of rotatable bonds is 7. The van der Waals surface area contributed by atoms with Crippen LogP contribution in [-0.4, -0.2) is 68.6 Å². The first-order chi connectivity index (χ1) is 18.7. The summed E-state index contributed by atoms with van der Waals surface area (Å²) < 4.78 is 17.7. The predicted molar refractivity (Wildman–Crippen MR) is 152 cm³/mol. The standard InChI is InChI=1S/C30H41FN6O2/c1-20(2)34(3)29(38)25-18-22(31)6-9-26(25)37-28-19-33-14-10-27(28)36(30(37)39)24-12-16-35(17-13-24)15-11-21-4-7-23(32)8-5-21/h6,9-10,14,18-21,23-24H,4-5,7-8,11-13,15-17,32H2,1-3H3/t21-,23-. The van der Waals surface area contributed by atoms with E-state index in [2.05, 4.69) is 9.88 Å². The van der Waals surface area contributed by atoms with Crippen molar-refractivity contribution in [2.24, 2.45) is 11.7 Å². The van der Waals surface area contributed by atoms with E-state index in [1.807, 2.05) is 24.5 Å². The maximum absolute atomic E-state index is 14.3. The zero-order valence-corrected chi connectivity index (χ0v) is 23.4. The number of carbonyl (C=O) groups is 1. The lowest BCUT2D eigenvalue weighted by Gasteiger charge is -2.34. The molecule has 3 heterocycles. The van der Waals surface area contributed by atoms with E-state index < -0.39 is 5.82 Å². The fourth-order valence-electron chi connectivity index (χ4n) is 6.20. The number of halogens is 1. The molecule has 1 aliphatic heterocycles. The lowest BCUT2D eigenvalue weighted by molar-refractivity contribution is 0.0754. The number of aromatic nitrogens is 3. The monoisotopic (exact) mass is 536 g/mol. The summed E-state index contributed by atoms with van der Waals surface area (Å²) >= 11 is 0. The van der Waals surface area contributed by atoms with Crippen LogP contribution in [0.4, 0.5) is 4.39 Å². The molecule has 9 heteroatoms. The zero-order chi connectivity index (χ0) is 27.7. The van der Waals surface area contributed by atoms with E-state index in [-0.39, 0.29) is 29.2 Å². The van der Waals surface area contributed by atoms with Crippen molar-refractivity contribution in [2.75, 3.05) is 26.7 Å². The lowest BCUT2D eigenvalue weighted by Crippen LogP contribution is -2.39. The van der Waals surface area contributed by atoms with Crippen molar-refractivity contribution < 1.29 is 9.18 Å². The maximum atomic E-state index is 14.3. The molecule has 39 heavy (non-hydrogen) atoms. The Labute approximate surface area is 229 Å². The minimum absolute atomic E-state index is 0.0468. The molecule has 210 valence electrons. The Morgan fingerprint density at radius 1 is 1.10 bits per heavy atom. The van der Waals surface area contributed by atoms with E-state index in [4.69, 9.17) is 5.73 Å². The Balaban J connectivity index is 1.41. The fraction of sp³-hybridized carbons (Fsp3) is 0.567. The summed E-state index contributed by atoms with van der Waals surface area (Å²) in [5.74, 6) is -0.0694. The number of amides is 1. The van der Waals surface area contributed by atoms with Gasteiger partial charge in [-0.15, -0.1) is 0 Å². The summed E-state index contributed by atoms with van der Waals surface area (Å²) in [5, 5.41) is 0. The van der Waals surface area contributed by atoms with E-state index in [1.165, 1.54) is 42.0 Å². The average molecular weight is 537 g/mol. The van der Waals surface area contributed by atoms with E-state index in [1.54, 1.807) is 24.3 Å². The summed E-state index contributed by atoms with van der Waals surface area (Å²) in [6.45, 7) is 6.78. The van der Waals surface area contributed by atoms with Gasteiger partial charge in [-0.25, -0.2) is 9.18 Å². The van der Waals surface area contributed by atoms with Crippen molar-refractivity contribution in [1.82, 2.24) is 23.9 Å². The molecule has 0 radical (unpaired) electrons. The van der Waals surface area contributed by atoms with Crippen molar-refractivity contribution in [3.8, 4) is 5.69 Å². The molecule has 1 aromatic carbocycles. The molecule has 2 N–H and O–H groups in total. The average Bonchev–Trinajstić information content (AvgIpc) is 3.23. The van der Waals surface area contributed by atoms with Gasteiger partial charge in [-0.2, -0.15) is 0 Å². The van der Waals surface area contributed by atoms with Gasteiger partial charge in [-0.1, -0.05) is 0 Å². The summed E-state index contributed by atoms with van der Waals surface area (Å²) in [5.41, 5.74) is 7.79. The number of pyridine rings is 1. The number of carbonyl (C=O) groups excluding carboxylic acids is 1. The highest BCUT2D eigenvalue weighted by molar-refractivity contribution is 5.98. The second kappa shape index (κ2) is 11.6. The molecular weight excluding hydrogens is 495 g/mol. The first kappa shape index (κ1) is 27.5. The van der Waals surface area contributed by atoms with Gasteiger partial charge < -0.3 is 15.5 Å². The normalized spacial score (nSPS) is 21.1. The molecule has 1 saturated carbocycles. The number of nitrogens with two attached hydrogens (primary N) is 1. The molecular formula is C30H41FN6O2. The highest BCUT2D eigenvalue weighted by Crippen LogP contribution is 2.30. The predicted octanol–water partition coefficient (Wildman–Crippen LogP) is 4.35. The van der Waals surface area contributed by atoms with Gasteiger partial charge in [0.05, 0.1) is 28.5 Å². The summed E-state index contributed by atoms with van der Waals surface area (Å²) in [6, 6.07) is 6.26. The number of likely N-dealkylation sites (tertiary alicyclic amines) is 1. The Kier molecular flexibility index (Phi) is 8.19. The Hall–Kier alpha value is -3.04. The minimum Gasteiger partial charge on any atom is -0.339 e. The van der Waals surface area contributed by atoms with Crippen LogP contribution in [-0.2, 0) is 0 Å². The van der Waals surface area contributed by atoms with Crippen LogP contribution < -0.4 is 11.4 Å². The van der Waals surface area contributed by atoms with Crippen LogP contribution in [0.15, 0.2) is 41.5 Å². The van der Waals surface area contributed by atoms with Gasteiger partial charge in [0.2, 0.25) is 0 Å². The zero-order valence-electron chi connectivity index (χ0n) is 23.4. The van der Waals surface area contributed by atoms with E-state index in [0.29, 0.717) is 17.2 Å². The van der Waals surface area contributed by atoms with Crippen molar-refractivity contribution in [3.63, 3.8) is 0 Å². The second-order valence-corrected chi connectivity index (χ2v) is 11.7. The number of fused-ring (bicyclic) bond motifs is 1. The first-order valence-electron chi connectivity index (χ1n) is 14.4. The van der Waals surface area contributed by atoms with E-state index >= 15 is 0 Å². The fourth-order valence-corrected chi connectivity index (χ4v) is 6.20. The quantitative estimate of drug-likeness (QED) is 0.485. The van der Waals surface area contributed by atoms with Gasteiger partial charge in [0.15, 0.2) is 0 Å². The van der Waals surface area contributed by atoms with Crippen LogP contribution in [0.25, 0.3) is 16.7 Å². The molecule has 0 atom stereocenters. The van der Waals surface area contributed by atoms with Gasteiger partial charge in [0.25, 0.3) is 5.91 Å². The third-order valence-electron chi connectivity index (χ3n) is 8.87. The van der Waals surface area contributed by atoms with E-state index in [0.717, 1.165) is 56.8 Å². The van der Waals surface area contributed by atoms with Crippen LogP contribution in [0.2, 0.25) is 0 Å². The molecule has 2 aliphatic rings. The van der Waals surface area contributed by atoms with Gasteiger partial charge in [0, 0.05) is 44.5 Å². The van der Waals surface area contributed by atoms with E-state index in [9.17, 15) is 14.0 Å². The first-order valence-corrected chi connectivity index (χ1v) is 14.4. The Morgan fingerprint density at radius 3 is 2.51 bits per heavy atom. The second-order valence-electron chi connectivity index (χ2n) is 11.7. The molecule has 8 nitrogen and oxygen atoms in total. The molecule has 0 spiro atoms. The van der Waals surface area contributed by atoms with Crippen LogP contribution >= 0.6 is 0 Å². The summed E-state index contributed by atoms with van der Waals surface area (Å²) in [4.78, 5) is 35.7. The number of benzene rings is 1. The number of hydrogen-bond donors (Lipinski definition) is 1. The maximum Gasteiger partial charge on any atom is 0.334 e. The topological polar surface area (TPSA) is 89.4 Å². The molecule has 0 bridgehead atoms. The summed E-state index contributed by atoms with van der Waals surface area (Å²) in [7, 11) is 1.69. The minimum atomic E-state index is -0.516. The SMILES string of the molecule is CC(C)N(C)C(=O)c1cc(F)ccc1-n1c(=O)n(C2CCN(CC[C@H]3CC[C@H](N)CC3)CC2)c2ccncc21. The number of imidazole rings is 1. The molecule has 0 unspecified atom stereocenters. The molecule has 1 amide bonds. The van der Waals surface area contributed by atoms with Gasteiger partial charge in [-0.05, 0) is 95.5 Å². The Morgan fingerprint density at radius 2 is 1.82 bits per heavy atom. The van der Waals surface area contributed by atoms with Crippen molar-refractivity contribution in [3.05, 3.63) is 58.5 Å².